The van der Waals surface area contributed by atoms with E-state index in [1.807, 2.05) is 0 Å². The van der Waals surface area contributed by atoms with E-state index in [1.54, 1.807) is 0 Å². The molecule has 1 saturated heterocycles. The van der Waals surface area contributed by atoms with Gasteiger partial charge in [0.2, 0.25) is 0 Å². The van der Waals surface area contributed by atoms with Crippen molar-refractivity contribution in [2.24, 2.45) is 5.73 Å². The summed E-state index contributed by atoms with van der Waals surface area (Å²) in [6, 6.07) is 0.342. The number of hydrogen-bond acceptors (Lipinski definition) is 3. The Hall–Kier alpha value is -0.120. The topological polar surface area (TPSA) is 49.5 Å². The second-order valence-electron chi connectivity index (χ2n) is 3.39. The molecule has 3 nitrogen and oxygen atoms in total. The highest BCUT2D eigenvalue weighted by molar-refractivity contribution is 4.82. The van der Waals surface area contributed by atoms with Crippen LogP contribution in [-0.4, -0.2) is 42.3 Å². The van der Waals surface area contributed by atoms with Crippen molar-refractivity contribution in [2.45, 2.75) is 31.3 Å². The van der Waals surface area contributed by atoms with Crippen LogP contribution in [0.4, 0.5) is 0 Å². The number of piperidine rings is 1. The molecule has 0 aromatic rings. The first kappa shape index (κ1) is 8.97. The van der Waals surface area contributed by atoms with Gasteiger partial charge in [-0.15, -0.1) is 0 Å². The SMILES string of the molecule is CN1CCCCC1C(N)CO. The van der Waals surface area contributed by atoms with Crippen LogP contribution in [0.3, 0.4) is 0 Å². The lowest BCUT2D eigenvalue weighted by Gasteiger charge is -2.35. The first-order chi connectivity index (χ1) is 5.25. The standard InChI is InChI=1S/C8H18N2O/c1-10-5-3-2-4-8(10)7(9)6-11/h7-8,11H,2-6,9H2,1H3. The molecule has 0 radical (unpaired) electrons. The fourth-order valence-electron chi connectivity index (χ4n) is 1.76. The zero-order valence-electron chi connectivity index (χ0n) is 7.16. The van der Waals surface area contributed by atoms with Crippen molar-refractivity contribution in [1.82, 2.24) is 4.90 Å². The van der Waals surface area contributed by atoms with Crippen molar-refractivity contribution < 1.29 is 5.11 Å². The average Bonchev–Trinajstić information content (AvgIpc) is 2.04. The largest absolute Gasteiger partial charge is 0.395 e. The zero-order chi connectivity index (χ0) is 8.27. The summed E-state index contributed by atoms with van der Waals surface area (Å²) in [4.78, 5) is 2.25. The third-order valence-electron chi connectivity index (χ3n) is 2.53. The second kappa shape index (κ2) is 4.04. The molecule has 3 N–H and O–H groups in total. The number of nitrogens with zero attached hydrogens (tertiary/aromatic N) is 1. The Kier molecular flexibility index (Phi) is 3.30. The molecule has 0 amide bonds. The van der Waals surface area contributed by atoms with Gasteiger partial charge in [-0.2, -0.15) is 0 Å². The molecule has 66 valence electrons. The Balaban J connectivity index is 2.40. The van der Waals surface area contributed by atoms with Gasteiger partial charge in [0.25, 0.3) is 0 Å². The number of aliphatic hydroxyl groups is 1. The van der Waals surface area contributed by atoms with Crippen LogP contribution in [0.25, 0.3) is 0 Å². The Morgan fingerprint density at radius 2 is 2.36 bits per heavy atom. The molecule has 0 bridgehead atoms. The van der Waals surface area contributed by atoms with Crippen molar-refractivity contribution in [3.05, 3.63) is 0 Å². The Labute approximate surface area is 68.2 Å². The average molecular weight is 158 g/mol. The molecule has 1 fully saturated rings. The summed E-state index contributed by atoms with van der Waals surface area (Å²) in [5, 5.41) is 8.85. The lowest BCUT2D eigenvalue weighted by molar-refractivity contribution is 0.125. The van der Waals surface area contributed by atoms with Gasteiger partial charge in [-0.3, -0.25) is 0 Å². The van der Waals surface area contributed by atoms with Crippen LogP contribution in [0.5, 0.6) is 0 Å². The predicted molar refractivity (Wildman–Crippen MR) is 45.3 cm³/mol. The minimum Gasteiger partial charge on any atom is -0.395 e. The molecule has 0 saturated carbocycles. The number of aliphatic hydroxyl groups excluding tert-OH is 1. The van der Waals surface area contributed by atoms with E-state index < -0.39 is 0 Å². The van der Waals surface area contributed by atoms with Crippen LogP contribution in [-0.2, 0) is 0 Å². The van der Waals surface area contributed by atoms with E-state index in [4.69, 9.17) is 10.8 Å². The number of likely N-dealkylation sites (N-methyl/N-ethyl adjacent to an activating group) is 1. The summed E-state index contributed by atoms with van der Waals surface area (Å²) in [6.07, 6.45) is 3.66. The highest BCUT2D eigenvalue weighted by atomic mass is 16.3. The Morgan fingerprint density at radius 1 is 1.64 bits per heavy atom. The van der Waals surface area contributed by atoms with E-state index in [-0.39, 0.29) is 12.6 Å². The van der Waals surface area contributed by atoms with Crippen molar-refractivity contribution in [3.8, 4) is 0 Å². The number of nitrogens with two attached hydrogens (primary N) is 1. The van der Waals surface area contributed by atoms with Gasteiger partial charge in [-0.1, -0.05) is 6.42 Å². The van der Waals surface area contributed by atoms with Crippen molar-refractivity contribution in [2.75, 3.05) is 20.2 Å². The summed E-state index contributed by atoms with van der Waals surface area (Å²) in [5.41, 5.74) is 5.75. The van der Waals surface area contributed by atoms with E-state index >= 15 is 0 Å². The minimum atomic E-state index is -0.0553. The van der Waals surface area contributed by atoms with E-state index in [0.29, 0.717) is 6.04 Å². The van der Waals surface area contributed by atoms with Gasteiger partial charge >= 0.3 is 0 Å². The van der Waals surface area contributed by atoms with Gasteiger partial charge in [0.05, 0.1) is 6.61 Å². The Bertz CT molecular complexity index is 115. The third kappa shape index (κ3) is 2.15. The molecule has 0 spiro atoms. The summed E-state index contributed by atoms with van der Waals surface area (Å²) in [6.45, 7) is 1.23. The number of rotatable bonds is 2. The van der Waals surface area contributed by atoms with E-state index in [9.17, 15) is 0 Å². The van der Waals surface area contributed by atoms with Crippen molar-refractivity contribution >= 4 is 0 Å². The maximum atomic E-state index is 8.85. The molecule has 1 aliphatic rings. The molecule has 1 heterocycles. The molecule has 3 heteroatoms. The van der Waals surface area contributed by atoms with Crippen LogP contribution >= 0.6 is 0 Å². The molecule has 1 rings (SSSR count). The van der Waals surface area contributed by atoms with Gasteiger partial charge < -0.3 is 15.7 Å². The van der Waals surface area contributed by atoms with Crippen LogP contribution < -0.4 is 5.73 Å². The smallest absolute Gasteiger partial charge is 0.0597 e. The normalized spacial score (nSPS) is 30.3. The van der Waals surface area contributed by atoms with E-state index in [1.165, 1.54) is 12.8 Å². The van der Waals surface area contributed by atoms with E-state index in [0.717, 1.165) is 13.0 Å². The molecule has 2 atom stereocenters. The van der Waals surface area contributed by atoms with Gasteiger partial charge in [0, 0.05) is 12.1 Å². The third-order valence-corrected chi connectivity index (χ3v) is 2.53. The molecule has 2 unspecified atom stereocenters. The van der Waals surface area contributed by atoms with Crippen molar-refractivity contribution in [3.63, 3.8) is 0 Å². The zero-order valence-corrected chi connectivity index (χ0v) is 7.16. The molecule has 0 aromatic carbocycles. The van der Waals surface area contributed by atoms with Gasteiger partial charge in [0.1, 0.15) is 0 Å². The maximum absolute atomic E-state index is 8.85. The van der Waals surface area contributed by atoms with Crippen molar-refractivity contribution in [1.29, 1.82) is 0 Å². The fourth-order valence-corrected chi connectivity index (χ4v) is 1.76. The van der Waals surface area contributed by atoms with Gasteiger partial charge in [-0.25, -0.2) is 0 Å². The number of hydrogen-bond donors (Lipinski definition) is 2. The first-order valence-corrected chi connectivity index (χ1v) is 4.32. The first-order valence-electron chi connectivity index (χ1n) is 4.32. The van der Waals surface area contributed by atoms with Crippen LogP contribution in [0.15, 0.2) is 0 Å². The molecular weight excluding hydrogens is 140 g/mol. The molecule has 1 aliphatic heterocycles. The Morgan fingerprint density at radius 3 is 2.91 bits per heavy atom. The van der Waals surface area contributed by atoms with Crippen LogP contribution in [0.1, 0.15) is 19.3 Å². The fraction of sp³-hybridized carbons (Fsp3) is 1.00. The van der Waals surface area contributed by atoms with Gasteiger partial charge in [0.15, 0.2) is 0 Å². The quantitative estimate of drug-likeness (QED) is 0.584. The summed E-state index contributed by atoms with van der Waals surface area (Å²) >= 11 is 0. The van der Waals surface area contributed by atoms with E-state index in [2.05, 4.69) is 11.9 Å². The summed E-state index contributed by atoms with van der Waals surface area (Å²) in [5.74, 6) is 0. The predicted octanol–water partition coefficient (Wildman–Crippen LogP) is -0.210. The summed E-state index contributed by atoms with van der Waals surface area (Å²) < 4.78 is 0. The monoisotopic (exact) mass is 158 g/mol. The lowest BCUT2D eigenvalue weighted by Crippen LogP contribution is -2.50. The molecular formula is C8H18N2O. The summed E-state index contributed by atoms with van der Waals surface area (Å²) in [7, 11) is 2.08. The molecule has 0 aromatic heterocycles. The minimum absolute atomic E-state index is 0.0553. The van der Waals surface area contributed by atoms with Crippen LogP contribution in [0, 0.1) is 0 Å². The molecule has 0 aliphatic carbocycles. The second-order valence-corrected chi connectivity index (χ2v) is 3.39. The highest BCUT2D eigenvalue weighted by Crippen LogP contribution is 2.16. The molecule has 11 heavy (non-hydrogen) atoms. The van der Waals surface area contributed by atoms with Crippen LogP contribution in [0.2, 0.25) is 0 Å². The maximum Gasteiger partial charge on any atom is 0.0597 e. The highest BCUT2D eigenvalue weighted by Gasteiger charge is 2.23. The van der Waals surface area contributed by atoms with Gasteiger partial charge in [-0.05, 0) is 26.4 Å². The lowest BCUT2D eigenvalue weighted by atomic mass is 9.97. The number of likely N-dealkylation sites (tertiary alicyclic amines) is 1.